The number of carbonyl (C=O) groups is 1. The molecule has 17 heavy (non-hydrogen) atoms. The fourth-order valence-corrected chi connectivity index (χ4v) is 2.44. The van der Waals surface area contributed by atoms with Gasteiger partial charge in [-0.2, -0.15) is 0 Å². The van der Waals surface area contributed by atoms with E-state index < -0.39 is 0 Å². The van der Waals surface area contributed by atoms with Gasteiger partial charge in [0.15, 0.2) is 0 Å². The van der Waals surface area contributed by atoms with Crippen molar-refractivity contribution in [1.29, 1.82) is 0 Å². The number of carbonyl (C=O) groups excluding carboxylic acids is 1. The van der Waals surface area contributed by atoms with Gasteiger partial charge in [-0.15, -0.1) is 0 Å². The second kappa shape index (κ2) is 5.11. The minimum Gasteiger partial charge on any atom is -0.469 e. The van der Waals surface area contributed by atoms with E-state index in [0.717, 1.165) is 11.1 Å². The summed E-state index contributed by atoms with van der Waals surface area (Å²) >= 11 is 12.1. The fourth-order valence-electron chi connectivity index (χ4n) is 2.03. The molecule has 4 heteroatoms. The Bertz CT molecular complexity index is 480. The molecule has 2 nitrogen and oxygen atoms in total. The lowest BCUT2D eigenvalue weighted by Gasteiger charge is -2.09. The van der Waals surface area contributed by atoms with Crippen LogP contribution in [0.1, 0.15) is 18.4 Å². The monoisotopic (exact) mass is 270 g/mol. The molecule has 0 amide bonds. The van der Waals surface area contributed by atoms with Crippen molar-refractivity contribution in [1.82, 2.24) is 0 Å². The Morgan fingerprint density at radius 1 is 1.41 bits per heavy atom. The Hall–Kier alpha value is -0.990. The molecule has 2 rings (SSSR count). The summed E-state index contributed by atoms with van der Waals surface area (Å²) in [5.41, 5.74) is 1.97. The molecule has 0 saturated heterocycles. The van der Waals surface area contributed by atoms with Crippen molar-refractivity contribution in [2.75, 3.05) is 7.11 Å². The Balaban J connectivity index is 2.20. The van der Waals surface area contributed by atoms with Gasteiger partial charge < -0.3 is 4.74 Å². The molecule has 1 unspecified atom stereocenters. The largest absolute Gasteiger partial charge is 0.469 e. The first-order chi connectivity index (χ1) is 8.11. The predicted octanol–water partition coefficient (Wildman–Crippen LogP) is 3.96. The van der Waals surface area contributed by atoms with E-state index in [0.29, 0.717) is 22.9 Å². The maximum atomic E-state index is 11.4. The third-order valence-corrected chi connectivity index (χ3v) is 3.49. The van der Waals surface area contributed by atoms with Gasteiger partial charge in [0.25, 0.3) is 0 Å². The number of hydrogen-bond acceptors (Lipinski definition) is 2. The quantitative estimate of drug-likeness (QED) is 0.761. The number of ether oxygens (including phenoxy) is 1. The van der Waals surface area contributed by atoms with Gasteiger partial charge in [-0.05, 0) is 42.2 Å². The van der Waals surface area contributed by atoms with Gasteiger partial charge in [0, 0.05) is 10.0 Å². The molecule has 1 aromatic carbocycles. The summed E-state index contributed by atoms with van der Waals surface area (Å²) < 4.78 is 4.74. The Labute approximate surface area is 110 Å². The van der Waals surface area contributed by atoms with Crippen LogP contribution in [-0.2, 0) is 9.53 Å². The number of methoxy groups -OCH3 is 1. The first kappa shape index (κ1) is 12.5. The number of allylic oxidation sites excluding steroid dienone is 2. The van der Waals surface area contributed by atoms with E-state index in [-0.39, 0.29) is 11.9 Å². The Morgan fingerprint density at radius 2 is 2.18 bits per heavy atom. The number of halogens is 2. The Morgan fingerprint density at radius 3 is 2.88 bits per heavy atom. The van der Waals surface area contributed by atoms with Crippen molar-refractivity contribution in [3.05, 3.63) is 39.9 Å². The molecule has 0 saturated carbocycles. The second-order valence-electron chi connectivity index (χ2n) is 4.01. The topological polar surface area (TPSA) is 26.3 Å². The van der Waals surface area contributed by atoms with Gasteiger partial charge >= 0.3 is 5.97 Å². The van der Waals surface area contributed by atoms with Crippen LogP contribution < -0.4 is 0 Å². The summed E-state index contributed by atoms with van der Waals surface area (Å²) in [4.78, 5) is 11.4. The van der Waals surface area contributed by atoms with E-state index >= 15 is 0 Å². The minimum absolute atomic E-state index is 0.0925. The molecule has 1 aliphatic carbocycles. The van der Waals surface area contributed by atoms with Crippen LogP contribution in [0.3, 0.4) is 0 Å². The molecule has 0 fully saturated rings. The Kier molecular flexibility index (Phi) is 3.75. The van der Waals surface area contributed by atoms with Gasteiger partial charge in [0.2, 0.25) is 0 Å². The average molecular weight is 271 g/mol. The van der Waals surface area contributed by atoms with Crippen molar-refractivity contribution in [2.45, 2.75) is 12.8 Å². The number of esters is 1. The van der Waals surface area contributed by atoms with Gasteiger partial charge in [0.1, 0.15) is 0 Å². The summed E-state index contributed by atoms with van der Waals surface area (Å²) in [6.45, 7) is 0. The predicted molar refractivity (Wildman–Crippen MR) is 69.2 cm³/mol. The molecule has 90 valence electrons. The van der Waals surface area contributed by atoms with Crippen LogP contribution >= 0.6 is 23.2 Å². The molecule has 1 aliphatic rings. The lowest BCUT2D eigenvalue weighted by molar-refractivity contribution is -0.144. The van der Waals surface area contributed by atoms with E-state index in [1.165, 1.54) is 7.11 Å². The highest BCUT2D eigenvalue weighted by Gasteiger charge is 2.26. The highest BCUT2D eigenvalue weighted by molar-refractivity contribution is 6.34. The third-order valence-electron chi connectivity index (χ3n) is 2.92. The van der Waals surface area contributed by atoms with Crippen LogP contribution in [0.15, 0.2) is 24.3 Å². The van der Waals surface area contributed by atoms with Crippen LogP contribution in [0.25, 0.3) is 5.57 Å². The number of rotatable bonds is 2. The molecular weight excluding hydrogens is 259 g/mol. The van der Waals surface area contributed by atoms with E-state index in [1.54, 1.807) is 12.1 Å². The van der Waals surface area contributed by atoms with E-state index in [1.807, 2.05) is 12.1 Å². The molecule has 1 aromatic rings. The summed E-state index contributed by atoms with van der Waals surface area (Å²) in [5.74, 6) is -0.264. The van der Waals surface area contributed by atoms with E-state index in [9.17, 15) is 4.79 Å². The van der Waals surface area contributed by atoms with Gasteiger partial charge in [-0.3, -0.25) is 4.79 Å². The minimum atomic E-state index is -0.172. The molecule has 1 atom stereocenters. The molecular formula is C13H12Cl2O2. The summed E-state index contributed by atoms with van der Waals surface area (Å²) in [6, 6.07) is 5.35. The lowest BCUT2D eigenvalue weighted by Crippen LogP contribution is -2.12. The summed E-state index contributed by atoms with van der Waals surface area (Å²) in [7, 11) is 1.41. The molecule has 0 N–H and O–H groups in total. The van der Waals surface area contributed by atoms with Gasteiger partial charge in [-0.1, -0.05) is 29.3 Å². The van der Waals surface area contributed by atoms with Gasteiger partial charge in [0.05, 0.1) is 13.0 Å². The van der Waals surface area contributed by atoms with Gasteiger partial charge in [-0.25, -0.2) is 0 Å². The zero-order chi connectivity index (χ0) is 12.4. The average Bonchev–Trinajstić information content (AvgIpc) is 2.80. The first-order valence-electron chi connectivity index (χ1n) is 5.34. The SMILES string of the molecule is COC(=O)C1CC=C(c2cc(Cl)ccc2Cl)C1. The number of hydrogen-bond donors (Lipinski definition) is 0. The van der Waals surface area contributed by atoms with Crippen molar-refractivity contribution < 1.29 is 9.53 Å². The summed E-state index contributed by atoms with van der Waals surface area (Å²) in [6.07, 6.45) is 3.39. The highest BCUT2D eigenvalue weighted by atomic mass is 35.5. The fraction of sp³-hybridized carbons (Fsp3) is 0.308. The van der Waals surface area contributed by atoms with Crippen molar-refractivity contribution >= 4 is 34.7 Å². The van der Waals surface area contributed by atoms with Crippen LogP contribution in [0.4, 0.5) is 0 Å². The second-order valence-corrected chi connectivity index (χ2v) is 4.86. The van der Waals surface area contributed by atoms with Crippen molar-refractivity contribution in [3.63, 3.8) is 0 Å². The van der Waals surface area contributed by atoms with Crippen LogP contribution in [-0.4, -0.2) is 13.1 Å². The van der Waals surface area contributed by atoms with E-state index in [2.05, 4.69) is 0 Å². The van der Waals surface area contributed by atoms with Crippen LogP contribution in [0, 0.1) is 5.92 Å². The standard InChI is InChI=1S/C13H12Cl2O2/c1-17-13(16)9-3-2-8(6-9)11-7-10(14)4-5-12(11)15/h2,4-5,7,9H,3,6H2,1H3. The zero-order valence-electron chi connectivity index (χ0n) is 9.37. The molecule has 0 aromatic heterocycles. The molecule has 0 heterocycles. The van der Waals surface area contributed by atoms with E-state index in [4.69, 9.17) is 27.9 Å². The molecule has 0 radical (unpaired) electrons. The smallest absolute Gasteiger partial charge is 0.309 e. The lowest BCUT2D eigenvalue weighted by atomic mass is 10.0. The highest BCUT2D eigenvalue weighted by Crippen LogP contribution is 2.37. The first-order valence-corrected chi connectivity index (χ1v) is 6.09. The maximum absolute atomic E-state index is 11.4. The molecule has 0 spiro atoms. The summed E-state index contributed by atoms with van der Waals surface area (Å²) in [5, 5.41) is 1.30. The van der Waals surface area contributed by atoms with Crippen molar-refractivity contribution in [3.8, 4) is 0 Å². The van der Waals surface area contributed by atoms with Crippen LogP contribution in [0.2, 0.25) is 10.0 Å². The third kappa shape index (κ3) is 2.64. The normalized spacial score (nSPS) is 19.0. The number of benzene rings is 1. The van der Waals surface area contributed by atoms with Crippen LogP contribution in [0.5, 0.6) is 0 Å². The van der Waals surface area contributed by atoms with Crippen molar-refractivity contribution in [2.24, 2.45) is 5.92 Å². The zero-order valence-corrected chi connectivity index (χ0v) is 10.9. The molecule has 0 bridgehead atoms. The molecule has 0 aliphatic heterocycles. The maximum Gasteiger partial charge on any atom is 0.309 e.